The fourth-order valence-corrected chi connectivity index (χ4v) is 2.24. The topological polar surface area (TPSA) is 81.4 Å². The van der Waals surface area contributed by atoms with Gasteiger partial charge in [0.15, 0.2) is 6.61 Å². The van der Waals surface area contributed by atoms with Gasteiger partial charge in [0.25, 0.3) is 5.91 Å². The third kappa shape index (κ3) is 4.32. The molecule has 0 aliphatic heterocycles. The Morgan fingerprint density at radius 2 is 1.83 bits per heavy atom. The van der Waals surface area contributed by atoms with Crippen molar-refractivity contribution >= 4 is 17.5 Å². The van der Waals surface area contributed by atoms with Crippen molar-refractivity contribution in [1.29, 1.82) is 0 Å². The molecule has 0 fully saturated rings. The van der Waals surface area contributed by atoms with E-state index in [0.717, 1.165) is 23.2 Å². The van der Waals surface area contributed by atoms with E-state index in [0.29, 0.717) is 11.3 Å². The van der Waals surface area contributed by atoms with Gasteiger partial charge in [0.2, 0.25) is 5.91 Å². The van der Waals surface area contributed by atoms with E-state index in [1.807, 2.05) is 32.0 Å². The van der Waals surface area contributed by atoms with Gasteiger partial charge in [-0.2, -0.15) is 0 Å². The predicted octanol–water partition coefficient (Wildman–Crippen LogP) is 2.67. The zero-order valence-electron chi connectivity index (χ0n) is 13.3. The number of benzene rings is 2. The Bertz CT molecular complexity index is 709. The molecule has 0 spiro atoms. The number of hydrogen-bond donors (Lipinski definition) is 2. The third-order valence-electron chi connectivity index (χ3n) is 3.51. The van der Waals surface area contributed by atoms with E-state index in [9.17, 15) is 9.59 Å². The van der Waals surface area contributed by atoms with Gasteiger partial charge in [0, 0.05) is 11.3 Å². The van der Waals surface area contributed by atoms with Crippen molar-refractivity contribution in [3.8, 4) is 5.75 Å². The second-order valence-corrected chi connectivity index (χ2v) is 5.19. The number of ether oxygens (including phenoxy) is 1. The molecule has 2 aromatic carbocycles. The Morgan fingerprint density at radius 1 is 1.13 bits per heavy atom. The number of para-hydroxylation sites is 1. The van der Waals surface area contributed by atoms with Gasteiger partial charge in [-0.15, -0.1) is 0 Å². The van der Waals surface area contributed by atoms with E-state index >= 15 is 0 Å². The lowest BCUT2D eigenvalue weighted by molar-refractivity contribution is -0.118. The molecule has 0 atom stereocenters. The van der Waals surface area contributed by atoms with Gasteiger partial charge in [0.05, 0.1) is 0 Å². The van der Waals surface area contributed by atoms with Gasteiger partial charge in [-0.1, -0.05) is 25.1 Å². The number of anilines is 1. The minimum atomic E-state index is -0.499. The highest BCUT2D eigenvalue weighted by atomic mass is 16.5. The molecule has 0 saturated heterocycles. The predicted molar refractivity (Wildman–Crippen MR) is 89.6 cm³/mol. The highest BCUT2D eigenvalue weighted by molar-refractivity contribution is 5.94. The lowest BCUT2D eigenvalue weighted by Crippen LogP contribution is -2.21. The minimum absolute atomic E-state index is 0.104. The molecule has 5 nitrogen and oxygen atoms in total. The quantitative estimate of drug-likeness (QED) is 0.860. The molecule has 0 bridgehead atoms. The van der Waals surface area contributed by atoms with Gasteiger partial charge in [-0.05, 0) is 48.7 Å². The van der Waals surface area contributed by atoms with Crippen molar-refractivity contribution in [1.82, 2.24) is 0 Å². The van der Waals surface area contributed by atoms with E-state index in [1.165, 1.54) is 0 Å². The Hall–Kier alpha value is -2.82. The zero-order chi connectivity index (χ0) is 16.8. The Balaban J connectivity index is 1.97. The van der Waals surface area contributed by atoms with Gasteiger partial charge >= 0.3 is 0 Å². The molecule has 5 heteroatoms. The van der Waals surface area contributed by atoms with Crippen LogP contribution in [0.1, 0.15) is 28.4 Å². The maximum atomic E-state index is 12.1. The highest BCUT2D eigenvalue weighted by Gasteiger charge is 2.09. The number of primary amides is 1. The van der Waals surface area contributed by atoms with Crippen molar-refractivity contribution in [3.05, 3.63) is 59.2 Å². The summed E-state index contributed by atoms with van der Waals surface area (Å²) < 4.78 is 5.42. The fourth-order valence-electron chi connectivity index (χ4n) is 2.24. The third-order valence-corrected chi connectivity index (χ3v) is 3.51. The van der Waals surface area contributed by atoms with E-state index in [-0.39, 0.29) is 12.5 Å². The molecule has 3 N–H and O–H groups in total. The summed E-state index contributed by atoms with van der Waals surface area (Å²) in [6.07, 6.45) is 0.840. The number of hydrogen-bond acceptors (Lipinski definition) is 3. The first-order valence-electron chi connectivity index (χ1n) is 7.42. The summed E-state index contributed by atoms with van der Waals surface area (Å²) >= 11 is 0. The largest absolute Gasteiger partial charge is 0.484 e. The van der Waals surface area contributed by atoms with Crippen LogP contribution in [-0.4, -0.2) is 18.4 Å². The van der Waals surface area contributed by atoms with Crippen LogP contribution in [-0.2, 0) is 11.2 Å². The number of aryl methyl sites for hydroxylation is 2. The molecule has 0 radical (unpaired) electrons. The second kappa shape index (κ2) is 7.45. The molecule has 2 aromatic rings. The molecule has 23 heavy (non-hydrogen) atoms. The van der Waals surface area contributed by atoms with Crippen LogP contribution in [0.3, 0.4) is 0 Å². The molecular formula is C18H20N2O3. The van der Waals surface area contributed by atoms with E-state index in [4.69, 9.17) is 10.5 Å². The summed E-state index contributed by atoms with van der Waals surface area (Å²) in [4.78, 5) is 23.1. The summed E-state index contributed by atoms with van der Waals surface area (Å²) in [5.41, 5.74) is 8.51. The summed E-state index contributed by atoms with van der Waals surface area (Å²) in [7, 11) is 0. The van der Waals surface area contributed by atoms with Crippen molar-refractivity contribution in [2.45, 2.75) is 20.3 Å². The number of carbonyl (C=O) groups excluding carboxylic acids is 2. The maximum absolute atomic E-state index is 12.1. The SMILES string of the molecule is CCc1cccc(C)c1NC(=O)COc1ccc(C(N)=O)cc1. The van der Waals surface area contributed by atoms with Crippen molar-refractivity contribution in [2.24, 2.45) is 5.73 Å². The smallest absolute Gasteiger partial charge is 0.262 e. The van der Waals surface area contributed by atoms with Crippen LogP contribution in [0.25, 0.3) is 0 Å². The van der Waals surface area contributed by atoms with Gasteiger partial charge in [-0.25, -0.2) is 0 Å². The van der Waals surface area contributed by atoms with Crippen molar-refractivity contribution < 1.29 is 14.3 Å². The van der Waals surface area contributed by atoms with E-state index in [2.05, 4.69) is 5.32 Å². The molecule has 2 amide bonds. The second-order valence-electron chi connectivity index (χ2n) is 5.19. The van der Waals surface area contributed by atoms with Gasteiger partial charge < -0.3 is 15.8 Å². The lowest BCUT2D eigenvalue weighted by atomic mass is 10.1. The zero-order valence-corrected chi connectivity index (χ0v) is 13.3. The van der Waals surface area contributed by atoms with Crippen LogP contribution in [0.2, 0.25) is 0 Å². The standard InChI is InChI=1S/C18H20N2O3/c1-3-13-6-4-5-12(2)17(13)20-16(21)11-23-15-9-7-14(8-10-15)18(19)22/h4-10H,3,11H2,1-2H3,(H2,19,22)(H,20,21). The fraction of sp³-hybridized carbons (Fsp3) is 0.222. The van der Waals surface area contributed by atoms with Gasteiger partial charge in [-0.3, -0.25) is 9.59 Å². The van der Waals surface area contributed by atoms with E-state index in [1.54, 1.807) is 24.3 Å². The molecule has 0 aliphatic carbocycles. The Morgan fingerprint density at radius 3 is 2.43 bits per heavy atom. The molecule has 2 rings (SSSR count). The first-order valence-corrected chi connectivity index (χ1v) is 7.42. The van der Waals surface area contributed by atoms with Crippen LogP contribution in [0, 0.1) is 6.92 Å². The maximum Gasteiger partial charge on any atom is 0.262 e. The lowest BCUT2D eigenvalue weighted by Gasteiger charge is -2.13. The highest BCUT2D eigenvalue weighted by Crippen LogP contribution is 2.21. The molecule has 0 heterocycles. The van der Waals surface area contributed by atoms with Crippen molar-refractivity contribution in [3.63, 3.8) is 0 Å². The number of rotatable bonds is 6. The van der Waals surface area contributed by atoms with Crippen LogP contribution in [0.15, 0.2) is 42.5 Å². The summed E-state index contributed by atoms with van der Waals surface area (Å²) in [5.74, 6) is -0.223. The average molecular weight is 312 g/mol. The number of nitrogens with one attached hydrogen (secondary N) is 1. The number of amides is 2. The first-order chi connectivity index (χ1) is 11.0. The molecular weight excluding hydrogens is 292 g/mol. The molecule has 0 unspecified atom stereocenters. The summed E-state index contributed by atoms with van der Waals surface area (Å²) in [5, 5.41) is 2.89. The Labute approximate surface area is 135 Å². The number of carbonyl (C=O) groups is 2. The first kappa shape index (κ1) is 16.5. The van der Waals surface area contributed by atoms with Crippen LogP contribution in [0.5, 0.6) is 5.75 Å². The molecule has 0 aliphatic rings. The Kier molecular flexibility index (Phi) is 5.36. The van der Waals surface area contributed by atoms with Crippen LogP contribution >= 0.6 is 0 Å². The average Bonchev–Trinajstić information content (AvgIpc) is 2.55. The molecule has 120 valence electrons. The molecule has 0 aromatic heterocycles. The van der Waals surface area contributed by atoms with Crippen LogP contribution < -0.4 is 15.8 Å². The van der Waals surface area contributed by atoms with Crippen molar-refractivity contribution in [2.75, 3.05) is 11.9 Å². The van der Waals surface area contributed by atoms with E-state index < -0.39 is 5.91 Å². The normalized spacial score (nSPS) is 10.2. The minimum Gasteiger partial charge on any atom is -0.484 e. The monoisotopic (exact) mass is 312 g/mol. The summed E-state index contributed by atoms with van der Waals surface area (Å²) in [6, 6.07) is 12.3. The molecule has 0 saturated carbocycles. The van der Waals surface area contributed by atoms with Crippen LogP contribution in [0.4, 0.5) is 5.69 Å². The van der Waals surface area contributed by atoms with Gasteiger partial charge in [0.1, 0.15) is 5.75 Å². The summed E-state index contributed by atoms with van der Waals surface area (Å²) in [6.45, 7) is 3.90. The number of nitrogens with two attached hydrogens (primary N) is 1.